The van der Waals surface area contributed by atoms with Crippen LogP contribution < -0.4 is 11.1 Å². The second kappa shape index (κ2) is 8.10. The van der Waals surface area contributed by atoms with Crippen LogP contribution in [0.3, 0.4) is 0 Å². The fourth-order valence-corrected chi connectivity index (χ4v) is 3.36. The van der Waals surface area contributed by atoms with Crippen LogP contribution >= 0.6 is 0 Å². The molecule has 0 saturated carbocycles. The van der Waals surface area contributed by atoms with E-state index in [-0.39, 0.29) is 11.4 Å². The van der Waals surface area contributed by atoms with E-state index in [4.69, 9.17) is 5.73 Å². The van der Waals surface area contributed by atoms with Crippen molar-refractivity contribution < 1.29 is 9.90 Å². The van der Waals surface area contributed by atoms with Crippen LogP contribution in [0.2, 0.25) is 0 Å². The van der Waals surface area contributed by atoms with E-state index >= 15 is 0 Å². The van der Waals surface area contributed by atoms with Crippen LogP contribution in [0.1, 0.15) is 39.2 Å². The average Bonchev–Trinajstić information content (AvgIpc) is 2.55. The zero-order valence-corrected chi connectivity index (χ0v) is 15.0. The molecule has 0 bridgehead atoms. The molecule has 1 aliphatic heterocycles. The van der Waals surface area contributed by atoms with Crippen LogP contribution in [-0.4, -0.2) is 52.7 Å². The molecule has 2 atom stereocenters. The Morgan fingerprint density at radius 2 is 1.83 bits per heavy atom. The highest BCUT2D eigenvalue weighted by atomic mass is 16.3. The van der Waals surface area contributed by atoms with E-state index in [0.717, 1.165) is 32.4 Å². The molecule has 1 saturated heterocycles. The minimum Gasteiger partial charge on any atom is -0.391 e. The minimum absolute atomic E-state index is 0.265. The van der Waals surface area contributed by atoms with Crippen molar-refractivity contribution in [3.8, 4) is 0 Å². The molecule has 134 valence electrons. The Balaban J connectivity index is 2.14. The van der Waals surface area contributed by atoms with E-state index in [9.17, 15) is 9.90 Å². The Bertz CT molecular complexity index is 523. The minimum atomic E-state index is -0.888. The summed E-state index contributed by atoms with van der Waals surface area (Å²) in [5, 5.41) is 12.8. The van der Waals surface area contributed by atoms with Crippen LogP contribution in [-0.2, 0) is 11.2 Å². The number of aliphatic hydroxyl groups is 1. The van der Waals surface area contributed by atoms with E-state index < -0.39 is 12.1 Å². The Morgan fingerprint density at radius 1 is 1.25 bits per heavy atom. The average molecular weight is 333 g/mol. The van der Waals surface area contributed by atoms with Gasteiger partial charge in [0, 0.05) is 24.7 Å². The van der Waals surface area contributed by atoms with Crippen molar-refractivity contribution in [3.63, 3.8) is 0 Å². The Kier molecular flexibility index (Phi) is 6.38. The highest BCUT2D eigenvalue weighted by Gasteiger charge is 2.38. The van der Waals surface area contributed by atoms with E-state index in [2.05, 4.69) is 36.2 Å². The maximum absolute atomic E-state index is 12.5. The number of carbonyl (C=O) groups excluding carboxylic acids is 1. The van der Waals surface area contributed by atoms with Crippen LogP contribution in [0.4, 0.5) is 0 Å². The van der Waals surface area contributed by atoms with E-state index in [1.807, 2.05) is 18.2 Å². The molecule has 1 amide bonds. The smallest absolute Gasteiger partial charge is 0.240 e. The molecule has 1 aromatic carbocycles. The molecule has 2 unspecified atom stereocenters. The fourth-order valence-electron chi connectivity index (χ4n) is 3.36. The van der Waals surface area contributed by atoms with Gasteiger partial charge >= 0.3 is 0 Å². The summed E-state index contributed by atoms with van der Waals surface area (Å²) in [5.41, 5.74) is 6.75. The number of nitrogens with one attached hydrogen (secondary N) is 1. The molecule has 0 radical (unpaired) electrons. The standard InChI is InChI=1S/C19H31N3O2/c1-14(2)22-11-9-19(10-12-22,13-16-7-5-4-6-8-16)21-18(24)17(20)15(3)23/h4-8,14-15,17,23H,9-13,20H2,1-3H3,(H,21,24). The summed E-state index contributed by atoms with van der Waals surface area (Å²) in [6.07, 6.45) is 1.71. The third-order valence-corrected chi connectivity index (χ3v) is 5.08. The highest BCUT2D eigenvalue weighted by Crippen LogP contribution is 2.28. The number of nitrogens with zero attached hydrogens (tertiary/aromatic N) is 1. The molecule has 4 N–H and O–H groups in total. The first-order valence-corrected chi connectivity index (χ1v) is 8.87. The Hall–Kier alpha value is -1.43. The summed E-state index contributed by atoms with van der Waals surface area (Å²) in [6, 6.07) is 9.86. The van der Waals surface area contributed by atoms with Gasteiger partial charge in [0.15, 0.2) is 0 Å². The van der Waals surface area contributed by atoms with Gasteiger partial charge in [-0.15, -0.1) is 0 Å². The molecule has 0 aromatic heterocycles. The number of likely N-dealkylation sites (tertiary alicyclic amines) is 1. The molecule has 1 heterocycles. The van der Waals surface area contributed by atoms with Gasteiger partial charge in [0.1, 0.15) is 6.04 Å². The summed E-state index contributed by atoms with van der Waals surface area (Å²) >= 11 is 0. The monoisotopic (exact) mass is 333 g/mol. The molecule has 5 heteroatoms. The maximum Gasteiger partial charge on any atom is 0.240 e. The number of amides is 1. The van der Waals surface area contributed by atoms with Gasteiger partial charge in [0.25, 0.3) is 0 Å². The normalized spacial score (nSPS) is 20.6. The second-order valence-corrected chi connectivity index (χ2v) is 7.33. The van der Waals surface area contributed by atoms with E-state index in [1.54, 1.807) is 6.92 Å². The van der Waals surface area contributed by atoms with Crippen molar-refractivity contribution in [1.82, 2.24) is 10.2 Å². The van der Waals surface area contributed by atoms with Crippen molar-refractivity contribution in [2.24, 2.45) is 5.73 Å². The third-order valence-electron chi connectivity index (χ3n) is 5.08. The topological polar surface area (TPSA) is 78.6 Å². The van der Waals surface area contributed by atoms with Crippen molar-refractivity contribution in [1.29, 1.82) is 0 Å². The number of benzene rings is 1. The number of piperidine rings is 1. The number of hydrogen-bond donors (Lipinski definition) is 3. The molecule has 1 aliphatic rings. The second-order valence-electron chi connectivity index (χ2n) is 7.33. The van der Waals surface area contributed by atoms with Gasteiger partial charge in [-0.05, 0) is 45.6 Å². The lowest BCUT2D eigenvalue weighted by Crippen LogP contribution is -2.61. The van der Waals surface area contributed by atoms with E-state index in [1.165, 1.54) is 5.56 Å². The van der Waals surface area contributed by atoms with E-state index in [0.29, 0.717) is 6.04 Å². The lowest BCUT2D eigenvalue weighted by Gasteiger charge is -2.44. The summed E-state index contributed by atoms with van der Waals surface area (Å²) in [4.78, 5) is 14.9. The number of aliphatic hydroxyl groups excluding tert-OH is 1. The first-order valence-electron chi connectivity index (χ1n) is 8.87. The predicted molar refractivity (Wildman–Crippen MR) is 96.6 cm³/mol. The van der Waals surface area contributed by atoms with Crippen molar-refractivity contribution >= 4 is 5.91 Å². The number of nitrogens with two attached hydrogens (primary N) is 1. The summed E-state index contributed by atoms with van der Waals surface area (Å²) < 4.78 is 0. The van der Waals surface area contributed by atoms with Crippen molar-refractivity contribution in [3.05, 3.63) is 35.9 Å². The van der Waals surface area contributed by atoms with Gasteiger partial charge < -0.3 is 21.1 Å². The molecule has 1 aromatic rings. The largest absolute Gasteiger partial charge is 0.391 e. The first kappa shape index (κ1) is 18.9. The molecule has 5 nitrogen and oxygen atoms in total. The summed E-state index contributed by atoms with van der Waals surface area (Å²) in [5.74, 6) is -0.265. The van der Waals surface area contributed by atoms with Crippen LogP contribution in [0, 0.1) is 0 Å². The molecular formula is C19H31N3O2. The molecular weight excluding hydrogens is 302 g/mol. The van der Waals surface area contributed by atoms with Gasteiger partial charge in [-0.2, -0.15) is 0 Å². The zero-order chi connectivity index (χ0) is 17.7. The van der Waals surface area contributed by atoms with Gasteiger partial charge in [0.2, 0.25) is 5.91 Å². The number of hydrogen-bond acceptors (Lipinski definition) is 4. The summed E-state index contributed by atoms with van der Waals surface area (Å²) in [6.45, 7) is 7.86. The molecule has 0 spiro atoms. The third kappa shape index (κ3) is 4.79. The quantitative estimate of drug-likeness (QED) is 0.733. The summed E-state index contributed by atoms with van der Waals surface area (Å²) in [7, 11) is 0. The fraction of sp³-hybridized carbons (Fsp3) is 0.632. The molecule has 24 heavy (non-hydrogen) atoms. The van der Waals surface area contributed by atoms with Gasteiger partial charge in [-0.25, -0.2) is 0 Å². The molecule has 1 fully saturated rings. The molecule has 2 rings (SSSR count). The lowest BCUT2D eigenvalue weighted by atomic mass is 9.81. The predicted octanol–water partition coefficient (Wildman–Crippen LogP) is 1.30. The lowest BCUT2D eigenvalue weighted by molar-refractivity contribution is -0.127. The van der Waals surface area contributed by atoms with Crippen molar-refractivity contribution in [2.45, 2.75) is 63.8 Å². The highest BCUT2D eigenvalue weighted by molar-refractivity contribution is 5.82. The van der Waals surface area contributed by atoms with Crippen LogP contribution in [0.25, 0.3) is 0 Å². The number of rotatable bonds is 6. The zero-order valence-electron chi connectivity index (χ0n) is 15.0. The Morgan fingerprint density at radius 3 is 2.33 bits per heavy atom. The van der Waals surface area contributed by atoms with Crippen molar-refractivity contribution in [2.75, 3.05) is 13.1 Å². The van der Waals surface area contributed by atoms with Gasteiger partial charge in [0.05, 0.1) is 6.10 Å². The van der Waals surface area contributed by atoms with Crippen LogP contribution in [0.5, 0.6) is 0 Å². The van der Waals surface area contributed by atoms with Gasteiger partial charge in [-0.3, -0.25) is 4.79 Å². The molecule has 0 aliphatic carbocycles. The SMILES string of the molecule is CC(O)C(N)C(=O)NC1(Cc2ccccc2)CCN(C(C)C)CC1. The maximum atomic E-state index is 12.5. The number of carbonyl (C=O) groups is 1. The Labute approximate surface area is 145 Å². The van der Waals surface area contributed by atoms with Gasteiger partial charge in [-0.1, -0.05) is 30.3 Å². The first-order chi connectivity index (χ1) is 11.3. The van der Waals surface area contributed by atoms with Crippen LogP contribution in [0.15, 0.2) is 30.3 Å².